The summed E-state index contributed by atoms with van der Waals surface area (Å²) in [5.41, 5.74) is 4.07. The average molecular weight is 389 g/mol. The molecule has 2 aromatic rings. The lowest BCUT2D eigenvalue weighted by Gasteiger charge is -2.31. The van der Waals surface area contributed by atoms with Crippen LogP contribution in [0.1, 0.15) is 11.1 Å². The largest absolute Gasteiger partial charge is 0.496 e. The molecule has 3 nitrogen and oxygen atoms in total. The molecule has 0 unspecified atom stereocenters. The minimum atomic E-state index is -1.80. The van der Waals surface area contributed by atoms with E-state index in [-0.39, 0.29) is 13.2 Å². The van der Waals surface area contributed by atoms with Crippen molar-refractivity contribution in [2.24, 2.45) is 0 Å². The van der Waals surface area contributed by atoms with E-state index >= 15 is 0 Å². The van der Waals surface area contributed by atoms with Crippen molar-refractivity contribution in [3.63, 3.8) is 0 Å². The summed E-state index contributed by atoms with van der Waals surface area (Å²) in [6.45, 7) is 13.6. The van der Waals surface area contributed by atoms with Crippen molar-refractivity contribution in [2.45, 2.75) is 52.5 Å². The zero-order chi connectivity index (χ0) is 19.7. The van der Waals surface area contributed by atoms with Gasteiger partial charge in [-0.05, 0) is 27.9 Å². The molecule has 0 saturated carbocycles. The summed E-state index contributed by atoms with van der Waals surface area (Å²) in [6.07, 6.45) is 0. The maximum atomic E-state index is 10.3. The highest BCUT2D eigenvalue weighted by Crippen LogP contribution is 2.32. The number of benzene rings is 2. The van der Waals surface area contributed by atoms with Gasteiger partial charge in [-0.3, -0.25) is 0 Å². The van der Waals surface area contributed by atoms with Gasteiger partial charge in [0.25, 0.3) is 0 Å². The van der Waals surface area contributed by atoms with Crippen LogP contribution in [-0.2, 0) is 13.2 Å². The Balaban J connectivity index is 3.03. The van der Waals surface area contributed by atoms with E-state index in [9.17, 15) is 10.2 Å². The molecule has 0 aromatic heterocycles. The third kappa shape index (κ3) is 3.96. The average Bonchev–Trinajstić information content (AvgIpc) is 2.57. The molecule has 2 N–H and O–H groups in total. The molecule has 0 fully saturated rings. The van der Waals surface area contributed by atoms with Crippen molar-refractivity contribution in [1.29, 1.82) is 0 Å². The van der Waals surface area contributed by atoms with E-state index in [0.717, 1.165) is 28.0 Å². The molecular weight excluding hydrogens is 356 g/mol. The first-order chi connectivity index (χ1) is 12.1. The Morgan fingerprint density at radius 3 is 1.85 bits per heavy atom. The predicted molar refractivity (Wildman–Crippen MR) is 116 cm³/mol. The third-order valence-corrected chi connectivity index (χ3v) is 8.95. The molecule has 0 spiro atoms. The zero-order valence-corrected chi connectivity index (χ0v) is 19.1. The Morgan fingerprint density at radius 2 is 1.38 bits per heavy atom. The second-order valence-corrected chi connectivity index (χ2v) is 18.9. The molecule has 0 saturated heterocycles. The fraction of sp³-hybridized carbons (Fsp3) is 0.429. The molecule has 142 valence electrons. The van der Waals surface area contributed by atoms with Gasteiger partial charge in [-0.1, -0.05) is 68.7 Å². The second kappa shape index (κ2) is 7.68. The van der Waals surface area contributed by atoms with Crippen LogP contribution in [-0.4, -0.2) is 33.5 Å². The normalized spacial score (nSPS) is 12.3. The number of rotatable bonds is 6. The number of methoxy groups -OCH3 is 1. The molecule has 0 radical (unpaired) electrons. The lowest BCUT2D eigenvalue weighted by Crippen LogP contribution is -2.48. The summed E-state index contributed by atoms with van der Waals surface area (Å²) < 4.78 is 5.64. The molecule has 5 heteroatoms. The van der Waals surface area contributed by atoms with Crippen LogP contribution in [0.25, 0.3) is 11.1 Å². The van der Waals surface area contributed by atoms with Crippen LogP contribution < -0.4 is 15.1 Å². The van der Waals surface area contributed by atoms with E-state index in [1.54, 1.807) is 7.11 Å². The van der Waals surface area contributed by atoms with Gasteiger partial charge in [0, 0.05) is 5.56 Å². The van der Waals surface area contributed by atoms with E-state index in [1.807, 2.05) is 18.2 Å². The molecule has 2 rings (SSSR count). The topological polar surface area (TPSA) is 49.7 Å². The van der Waals surface area contributed by atoms with Crippen LogP contribution in [0.3, 0.4) is 0 Å². The summed E-state index contributed by atoms with van der Waals surface area (Å²) in [6, 6.07) is 10.3. The first-order valence-electron chi connectivity index (χ1n) is 9.11. The molecule has 0 aliphatic carbocycles. The zero-order valence-electron chi connectivity index (χ0n) is 17.1. The standard InChI is InChI=1S/C21H32O3Si2/c1-24-19-11-9-8-10-15(19)16-12-20(25(2,3)4)17(13-22)18(14-23)21(16)26(5,6)7/h8-12,22-23H,13-14H2,1-7H3. The van der Waals surface area contributed by atoms with Crippen molar-refractivity contribution in [3.8, 4) is 16.9 Å². The quantitative estimate of drug-likeness (QED) is 0.745. The van der Waals surface area contributed by atoms with Gasteiger partial charge in [-0.25, -0.2) is 0 Å². The van der Waals surface area contributed by atoms with Crippen LogP contribution in [0.15, 0.2) is 30.3 Å². The van der Waals surface area contributed by atoms with Crippen LogP contribution in [0.2, 0.25) is 39.3 Å². The fourth-order valence-electron chi connectivity index (χ4n) is 3.74. The molecule has 0 heterocycles. The Morgan fingerprint density at radius 1 is 0.808 bits per heavy atom. The van der Waals surface area contributed by atoms with E-state index in [4.69, 9.17) is 4.74 Å². The van der Waals surface area contributed by atoms with E-state index in [2.05, 4.69) is 51.4 Å². The highest BCUT2D eigenvalue weighted by atomic mass is 28.3. The Hall–Kier alpha value is -1.41. The number of ether oxygens (including phenoxy) is 1. The van der Waals surface area contributed by atoms with Gasteiger partial charge in [0.1, 0.15) is 5.75 Å². The van der Waals surface area contributed by atoms with Crippen molar-refractivity contribution < 1.29 is 14.9 Å². The number of hydrogen-bond donors (Lipinski definition) is 2. The molecule has 0 bridgehead atoms. The fourth-order valence-corrected chi connectivity index (χ4v) is 7.60. The SMILES string of the molecule is COc1ccccc1-c1cc([Si](C)(C)C)c(CO)c(CO)c1[Si](C)(C)C. The van der Waals surface area contributed by atoms with Crippen molar-refractivity contribution in [3.05, 3.63) is 41.5 Å². The second-order valence-electron chi connectivity index (χ2n) is 8.82. The van der Waals surface area contributed by atoms with Crippen LogP contribution in [0, 0.1) is 0 Å². The first kappa shape index (κ1) is 20.9. The van der Waals surface area contributed by atoms with Crippen molar-refractivity contribution >= 4 is 26.5 Å². The minimum absolute atomic E-state index is 0.0286. The molecule has 2 aromatic carbocycles. The Kier molecular flexibility index (Phi) is 6.18. The highest BCUT2D eigenvalue weighted by molar-refractivity contribution is 6.91. The predicted octanol–water partition coefficient (Wildman–Crippen LogP) is 3.44. The number of para-hydroxylation sites is 1. The minimum Gasteiger partial charge on any atom is -0.496 e. The molecule has 0 aliphatic rings. The van der Waals surface area contributed by atoms with Gasteiger partial charge in [0.2, 0.25) is 0 Å². The van der Waals surface area contributed by atoms with Crippen molar-refractivity contribution in [1.82, 2.24) is 0 Å². The molecule has 0 atom stereocenters. The Labute approximate surface area is 159 Å². The monoisotopic (exact) mass is 388 g/mol. The molecule has 0 amide bonds. The first-order valence-corrected chi connectivity index (χ1v) is 16.1. The third-order valence-electron chi connectivity index (χ3n) is 4.82. The smallest absolute Gasteiger partial charge is 0.126 e. The van der Waals surface area contributed by atoms with Crippen molar-refractivity contribution in [2.75, 3.05) is 7.11 Å². The summed E-state index contributed by atoms with van der Waals surface area (Å²) in [5, 5.41) is 22.9. The number of hydrogen-bond acceptors (Lipinski definition) is 3. The lowest BCUT2D eigenvalue weighted by molar-refractivity contribution is 0.261. The van der Waals surface area contributed by atoms with Gasteiger partial charge in [0.15, 0.2) is 0 Å². The van der Waals surface area contributed by atoms with Crippen LogP contribution in [0.4, 0.5) is 0 Å². The van der Waals surface area contributed by atoms with E-state index in [1.165, 1.54) is 10.4 Å². The number of aliphatic hydroxyl groups excluding tert-OH is 2. The van der Waals surface area contributed by atoms with E-state index < -0.39 is 16.1 Å². The van der Waals surface area contributed by atoms with Gasteiger partial charge in [0.05, 0.1) is 36.5 Å². The molecule has 0 aliphatic heterocycles. The summed E-state index contributed by atoms with van der Waals surface area (Å²) in [5.74, 6) is 0.842. The van der Waals surface area contributed by atoms with Crippen LogP contribution in [0.5, 0.6) is 5.75 Å². The van der Waals surface area contributed by atoms with Crippen LogP contribution >= 0.6 is 0 Å². The Bertz CT molecular complexity index is 787. The summed E-state index contributed by atoms with van der Waals surface area (Å²) >= 11 is 0. The van der Waals surface area contributed by atoms with Gasteiger partial charge < -0.3 is 14.9 Å². The van der Waals surface area contributed by atoms with Gasteiger partial charge in [-0.15, -0.1) is 0 Å². The summed E-state index contributed by atoms with van der Waals surface area (Å²) in [7, 11) is -1.82. The van der Waals surface area contributed by atoms with Gasteiger partial charge in [-0.2, -0.15) is 0 Å². The number of aliphatic hydroxyl groups is 2. The molecule has 26 heavy (non-hydrogen) atoms. The summed E-state index contributed by atoms with van der Waals surface area (Å²) in [4.78, 5) is 0. The van der Waals surface area contributed by atoms with E-state index in [0.29, 0.717) is 0 Å². The maximum Gasteiger partial charge on any atom is 0.126 e. The maximum absolute atomic E-state index is 10.3. The molecular formula is C21H32O3Si2. The van der Waals surface area contributed by atoms with Gasteiger partial charge >= 0.3 is 0 Å². The lowest BCUT2D eigenvalue weighted by atomic mass is 9.98. The highest BCUT2D eigenvalue weighted by Gasteiger charge is 2.31.